The first-order valence-electron chi connectivity index (χ1n) is 9.63. The zero-order chi connectivity index (χ0) is 17.6. The minimum atomic E-state index is -0.482. The fourth-order valence-corrected chi connectivity index (χ4v) is 3.90. The van der Waals surface area contributed by atoms with Crippen molar-refractivity contribution in [2.75, 3.05) is 6.54 Å². The molecular formula is C20H34N2O2. The lowest BCUT2D eigenvalue weighted by Gasteiger charge is -2.37. The van der Waals surface area contributed by atoms with Gasteiger partial charge in [-0.15, -0.1) is 0 Å². The maximum absolute atomic E-state index is 12.0. The zero-order valence-corrected chi connectivity index (χ0v) is 15.6. The lowest BCUT2D eigenvalue weighted by Crippen LogP contribution is -2.46. The van der Waals surface area contributed by atoms with Crippen LogP contribution in [0.1, 0.15) is 78.6 Å². The third-order valence-corrected chi connectivity index (χ3v) is 5.61. The molecule has 4 heteroatoms. The molecule has 0 aliphatic heterocycles. The highest BCUT2D eigenvalue weighted by atomic mass is 16.2. The molecule has 0 aromatic carbocycles. The van der Waals surface area contributed by atoms with Crippen molar-refractivity contribution in [2.45, 2.75) is 84.6 Å². The molecule has 1 fully saturated rings. The predicted molar refractivity (Wildman–Crippen MR) is 97.5 cm³/mol. The van der Waals surface area contributed by atoms with Gasteiger partial charge in [0, 0.05) is 12.6 Å². The number of nitrogens with one attached hydrogen (secondary N) is 2. The fraction of sp³-hybridized carbons (Fsp3) is 0.800. The van der Waals surface area contributed by atoms with Crippen LogP contribution in [0.25, 0.3) is 0 Å². The molecule has 1 saturated carbocycles. The van der Waals surface area contributed by atoms with E-state index in [9.17, 15) is 9.59 Å². The van der Waals surface area contributed by atoms with Gasteiger partial charge in [0.1, 0.15) is 0 Å². The highest BCUT2D eigenvalue weighted by Crippen LogP contribution is 2.37. The first-order chi connectivity index (χ1) is 11.4. The van der Waals surface area contributed by atoms with Crippen molar-refractivity contribution in [2.24, 2.45) is 11.3 Å². The highest BCUT2D eigenvalue weighted by Gasteiger charge is 2.30. The zero-order valence-electron chi connectivity index (χ0n) is 15.6. The molecule has 2 amide bonds. The van der Waals surface area contributed by atoms with Crippen LogP contribution >= 0.6 is 0 Å². The van der Waals surface area contributed by atoms with E-state index >= 15 is 0 Å². The lowest BCUT2D eigenvalue weighted by atomic mass is 9.71. The van der Waals surface area contributed by atoms with Crippen LogP contribution in [0.3, 0.4) is 0 Å². The van der Waals surface area contributed by atoms with Gasteiger partial charge in [-0.05, 0) is 69.1 Å². The van der Waals surface area contributed by atoms with Crippen molar-refractivity contribution in [1.29, 1.82) is 0 Å². The Morgan fingerprint density at radius 2 is 1.79 bits per heavy atom. The SMILES string of the molecule is CC(C)(C)C1CCC(NC(=O)C(=O)NCCC2=CCCCC2)CC1. The fourth-order valence-electron chi connectivity index (χ4n) is 3.90. The molecule has 0 saturated heterocycles. The van der Waals surface area contributed by atoms with E-state index < -0.39 is 11.8 Å². The van der Waals surface area contributed by atoms with E-state index in [0.717, 1.165) is 44.9 Å². The molecule has 0 spiro atoms. The highest BCUT2D eigenvalue weighted by molar-refractivity contribution is 6.35. The summed E-state index contributed by atoms with van der Waals surface area (Å²) in [5.41, 5.74) is 1.75. The van der Waals surface area contributed by atoms with E-state index in [2.05, 4.69) is 37.5 Å². The Kier molecular flexibility index (Phi) is 6.88. The summed E-state index contributed by atoms with van der Waals surface area (Å²) >= 11 is 0. The second-order valence-corrected chi connectivity index (χ2v) is 8.50. The second-order valence-electron chi connectivity index (χ2n) is 8.50. The average molecular weight is 335 g/mol. The second kappa shape index (κ2) is 8.68. The predicted octanol–water partition coefficient (Wildman–Crippen LogP) is 3.71. The van der Waals surface area contributed by atoms with Crippen LogP contribution in [-0.4, -0.2) is 24.4 Å². The van der Waals surface area contributed by atoms with Crippen LogP contribution < -0.4 is 10.6 Å². The molecule has 0 atom stereocenters. The summed E-state index contributed by atoms with van der Waals surface area (Å²) in [6, 6.07) is 0.155. The molecule has 0 radical (unpaired) electrons. The van der Waals surface area contributed by atoms with Gasteiger partial charge in [-0.3, -0.25) is 9.59 Å². The Morgan fingerprint density at radius 3 is 2.38 bits per heavy atom. The van der Waals surface area contributed by atoms with Crippen molar-refractivity contribution in [3.8, 4) is 0 Å². The van der Waals surface area contributed by atoms with Crippen LogP contribution in [0.15, 0.2) is 11.6 Å². The van der Waals surface area contributed by atoms with E-state index in [4.69, 9.17) is 0 Å². The topological polar surface area (TPSA) is 58.2 Å². The number of hydrogen-bond acceptors (Lipinski definition) is 2. The van der Waals surface area contributed by atoms with E-state index in [-0.39, 0.29) is 6.04 Å². The van der Waals surface area contributed by atoms with Crippen LogP contribution in [0.4, 0.5) is 0 Å². The first-order valence-corrected chi connectivity index (χ1v) is 9.63. The van der Waals surface area contributed by atoms with Crippen LogP contribution in [0, 0.1) is 11.3 Å². The molecular weight excluding hydrogens is 300 g/mol. The number of carbonyl (C=O) groups is 2. The molecule has 2 aliphatic rings. The molecule has 0 heterocycles. The van der Waals surface area contributed by atoms with Gasteiger partial charge in [0.25, 0.3) is 0 Å². The standard InChI is InChI=1S/C20H34N2O2/c1-20(2,3)16-9-11-17(12-10-16)22-19(24)18(23)21-14-13-15-7-5-4-6-8-15/h7,16-17H,4-6,8-14H2,1-3H3,(H,21,23)(H,22,24). The van der Waals surface area contributed by atoms with Gasteiger partial charge in [0.2, 0.25) is 0 Å². The Labute approximate surface area is 146 Å². The number of hydrogen-bond donors (Lipinski definition) is 2. The maximum atomic E-state index is 12.0. The summed E-state index contributed by atoms with van der Waals surface area (Å²) in [6.07, 6.45) is 12.2. The molecule has 0 aromatic heterocycles. The van der Waals surface area contributed by atoms with Crippen molar-refractivity contribution >= 4 is 11.8 Å². The largest absolute Gasteiger partial charge is 0.348 e. The summed E-state index contributed by atoms with van der Waals surface area (Å²) in [5.74, 6) is -0.237. The Balaban J connectivity index is 1.65. The van der Waals surface area contributed by atoms with E-state index in [1.165, 1.54) is 18.4 Å². The third kappa shape index (κ3) is 5.95. The van der Waals surface area contributed by atoms with Gasteiger partial charge in [-0.2, -0.15) is 0 Å². The van der Waals surface area contributed by atoms with Crippen LogP contribution in [0.5, 0.6) is 0 Å². The summed E-state index contributed by atoms with van der Waals surface area (Å²) in [7, 11) is 0. The van der Waals surface area contributed by atoms with Gasteiger partial charge in [-0.1, -0.05) is 32.4 Å². The lowest BCUT2D eigenvalue weighted by molar-refractivity contribution is -0.139. The van der Waals surface area contributed by atoms with Gasteiger partial charge < -0.3 is 10.6 Å². The molecule has 2 aliphatic carbocycles. The third-order valence-electron chi connectivity index (χ3n) is 5.61. The first kappa shape index (κ1) is 19.0. The molecule has 136 valence electrons. The minimum Gasteiger partial charge on any atom is -0.348 e. The summed E-state index contributed by atoms with van der Waals surface area (Å²) in [5, 5.41) is 5.67. The Hall–Kier alpha value is -1.32. The van der Waals surface area contributed by atoms with Crippen LogP contribution in [-0.2, 0) is 9.59 Å². The number of allylic oxidation sites excluding steroid dienone is 1. The van der Waals surface area contributed by atoms with Gasteiger partial charge >= 0.3 is 11.8 Å². The smallest absolute Gasteiger partial charge is 0.309 e. The molecule has 0 aromatic rings. The molecule has 4 nitrogen and oxygen atoms in total. The Bertz CT molecular complexity index is 469. The van der Waals surface area contributed by atoms with E-state index in [1.807, 2.05) is 0 Å². The quantitative estimate of drug-likeness (QED) is 0.608. The molecule has 2 N–H and O–H groups in total. The van der Waals surface area contributed by atoms with Crippen molar-refractivity contribution < 1.29 is 9.59 Å². The minimum absolute atomic E-state index is 0.155. The van der Waals surface area contributed by atoms with Crippen molar-refractivity contribution in [3.63, 3.8) is 0 Å². The summed E-state index contributed by atoms with van der Waals surface area (Å²) in [6.45, 7) is 7.41. The molecule has 2 rings (SSSR count). The van der Waals surface area contributed by atoms with Gasteiger partial charge in [-0.25, -0.2) is 0 Å². The van der Waals surface area contributed by atoms with Crippen molar-refractivity contribution in [3.05, 3.63) is 11.6 Å². The monoisotopic (exact) mass is 334 g/mol. The number of carbonyl (C=O) groups excluding carboxylic acids is 2. The Morgan fingerprint density at radius 1 is 1.08 bits per heavy atom. The normalized spacial score (nSPS) is 24.9. The van der Waals surface area contributed by atoms with E-state index in [1.54, 1.807) is 0 Å². The van der Waals surface area contributed by atoms with Crippen molar-refractivity contribution in [1.82, 2.24) is 10.6 Å². The number of rotatable bonds is 4. The van der Waals surface area contributed by atoms with E-state index in [0.29, 0.717) is 17.9 Å². The summed E-state index contributed by atoms with van der Waals surface area (Å²) in [4.78, 5) is 24.0. The van der Waals surface area contributed by atoms with Crippen LogP contribution in [0.2, 0.25) is 0 Å². The van der Waals surface area contributed by atoms with Gasteiger partial charge in [0.15, 0.2) is 0 Å². The molecule has 0 bridgehead atoms. The average Bonchev–Trinajstić information content (AvgIpc) is 2.55. The summed E-state index contributed by atoms with van der Waals surface area (Å²) < 4.78 is 0. The maximum Gasteiger partial charge on any atom is 0.309 e. The number of amides is 2. The molecule has 24 heavy (non-hydrogen) atoms. The molecule has 0 unspecified atom stereocenters. The van der Waals surface area contributed by atoms with Gasteiger partial charge in [0.05, 0.1) is 0 Å².